The Morgan fingerprint density at radius 1 is 1.86 bits per heavy atom. The standard InChI is InChI=1S/C4H7NO2/c1-7-4(6)2-3-5/h2-3H,5H2,1H3. The molecule has 0 saturated carbocycles. The van der Waals surface area contributed by atoms with Gasteiger partial charge in [0.15, 0.2) is 0 Å². The molecule has 0 aromatic carbocycles. The number of ether oxygens (including phenoxy) is 1. The van der Waals surface area contributed by atoms with Gasteiger partial charge in [0.25, 0.3) is 0 Å². The van der Waals surface area contributed by atoms with Crippen molar-refractivity contribution in [3.05, 3.63) is 12.3 Å². The Balaban J connectivity index is 3.37. The maximum atomic E-state index is 10.0. The highest BCUT2D eigenvalue weighted by Gasteiger charge is 1.84. The van der Waals surface area contributed by atoms with Crippen LogP contribution in [0.5, 0.6) is 0 Å². The monoisotopic (exact) mass is 101 g/mol. The molecule has 3 heteroatoms. The van der Waals surface area contributed by atoms with Crippen molar-refractivity contribution in [1.29, 1.82) is 0 Å². The molecule has 2 N–H and O–H groups in total. The zero-order valence-electron chi connectivity index (χ0n) is 4.05. The van der Waals surface area contributed by atoms with Crippen LogP contribution < -0.4 is 5.73 Å². The quantitative estimate of drug-likeness (QED) is 0.362. The second-order valence-electron chi connectivity index (χ2n) is 0.882. The van der Waals surface area contributed by atoms with Crippen LogP contribution in [0.1, 0.15) is 0 Å². The second-order valence-corrected chi connectivity index (χ2v) is 0.882. The highest BCUT2D eigenvalue weighted by molar-refractivity contribution is 5.81. The van der Waals surface area contributed by atoms with Crippen molar-refractivity contribution in [3.63, 3.8) is 0 Å². The molecule has 0 aliphatic heterocycles. The maximum absolute atomic E-state index is 10.0. The van der Waals surface area contributed by atoms with Crippen molar-refractivity contribution in [2.75, 3.05) is 7.11 Å². The lowest BCUT2D eigenvalue weighted by Crippen LogP contribution is -1.94. The molecule has 0 bridgehead atoms. The summed E-state index contributed by atoms with van der Waals surface area (Å²) in [4.78, 5) is 10.0. The van der Waals surface area contributed by atoms with Crippen LogP contribution in [0, 0.1) is 0 Å². The molecular weight excluding hydrogens is 94.0 g/mol. The van der Waals surface area contributed by atoms with E-state index in [1.807, 2.05) is 0 Å². The third kappa shape index (κ3) is 2.82. The van der Waals surface area contributed by atoms with E-state index in [0.717, 1.165) is 12.3 Å². The zero-order chi connectivity index (χ0) is 5.70. The first kappa shape index (κ1) is 6.01. The van der Waals surface area contributed by atoms with Crippen LogP contribution >= 0.6 is 0 Å². The fourth-order valence-corrected chi connectivity index (χ4v) is 0.147. The van der Waals surface area contributed by atoms with Gasteiger partial charge < -0.3 is 10.5 Å². The van der Waals surface area contributed by atoms with Gasteiger partial charge in [-0.25, -0.2) is 4.79 Å². The second kappa shape index (κ2) is 3.21. The molecule has 0 saturated heterocycles. The summed E-state index contributed by atoms with van der Waals surface area (Å²) in [6, 6.07) is 0. The van der Waals surface area contributed by atoms with Crippen molar-refractivity contribution in [3.8, 4) is 0 Å². The Labute approximate surface area is 41.8 Å². The summed E-state index contributed by atoms with van der Waals surface area (Å²) in [5, 5.41) is 0. The first-order valence-corrected chi connectivity index (χ1v) is 1.77. The Morgan fingerprint density at radius 2 is 2.43 bits per heavy atom. The summed E-state index contributed by atoms with van der Waals surface area (Å²) in [5.74, 6) is -0.428. The number of methoxy groups -OCH3 is 1. The van der Waals surface area contributed by atoms with Gasteiger partial charge in [0.2, 0.25) is 0 Å². The van der Waals surface area contributed by atoms with Gasteiger partial charge in [-0.05, 0) is 0 Å². The molecule has 0 amide bonds. The van der Waals surface area contributed by atoms with Crippen LogP contribution in [-0.2, 0) is 9.53 Å². The molecule has 0 atom stereocenters. The molecular formula is C4H7NO2. The van der Waals surface area contributed by atoms with E-state index in [1.165, 1.54) is 7.11 Å². The average molecular weight is 101 g/mol. The molecule has 0 aromatic heterocycles. The van der Waals surface area contributed by atoms with Crippen molar-refractivity contribution in [1.82, 2.24) is 0 Å². The molecule has 0 fully saturated rings. The van der Waals surface area contributed by atoms with E-state index in [2.05, 4.69) is 4.74 Å². The van der Waals surface area contributed by atoms with E-state index in [1.54, 1.807) is 0 Å². The Morgan fingerprint density at radius 3 is 2.57 bits per heavy atom. The first-order chi connectivity index (χ1) is 3.31. The molecule has 7 heavy (non-hydrogen) atoms. The van der Waals surface area contributed by atoms with Crippen LogP contribution in [-0.4, -0.2) is 13.1 Å². The highest BCUT2D eigenvalue weighted by atomic mass is 16.5. The van der Waals surface area contributed by atoms with E-state index in [-0.39, 0.29) is 0 Å². The van der Waals surface area contributed by atoms with Gasteiger partial charge >= 0.3 is 5.97 Å². The third-order valence-electron chi connectivity index (χ3n) is 0.433. The number of carbonyl (C=O) groups excluding carboxylic acids is 1. The van der Waals surface area contributed by atoms with E-state index < -0.39 is 5.97 Å². The lowest BCUT2D eigenvalue weighted by Gasteiger charge is -1.84. The Hall–Kier alpha value is -0.990. The topological polar surface area (TPSA) is 52.3 Å². The maximum Gasteiger partial charge on any atom is 0.331 e. The number of esters is 1. The summed E-state index contributed by atoms with van der Waals surface area (Å²) in [6.45, 7) is 0. The van der Waals surface area contributed by atoms with Gasteiger partial charge in [0, 0.05) is 12.3 Å². The predicted octanol–water partition coefficient (Wildman–Crippen LogP) is -0.368. The molecule has 0 aliphatic rings. The molecule has 0 heterocycles. The van der Waals surface area contributed by atoms with E-state index in [4.69, 9.17) is 5.73 Å². The largest absolute Gasteiger partial charge is 0.466 e. The van der Waals surface area contributed by atoms with Gasteiger partial charge in [-0.2, -0.15) is 0 Å². The highest BCUT2D eigenvalue weighted by Crippen LogP contribution is 1.70. The van der Waals surface area contributed by atoms with Gasteiger partial charge in [0.1, 0.15) is 0 Å². The zero-order valence-corrected chi connectivity index (χ0v) is 4.05. The minimum atomic E-state index is -0.428. The van der Waals surface area contributed by atoms with E-state index >= 15 is 0 Å². The summed E-state index contributed by atoms with van der Waals surface area (Å²) < 4.78 is 4.18. The number of hydrogen-bond donors (Lipinski definition) is 1. The number of nitrogens with two attached hydrogens (primary N) is 1. The van der Waals surface area contributed by atoms with Crippen LogP contribution in [0.2, 0.25) is 0 Å². The summed E-state index contributed by atoms with van der Waals surface area (Å²) >= 11 is 0. The fraction of sp³-hybridized carbons (Fsp3) is 0.250. The minimum Gasteiger partial charge on any atom is -0.466 e. The molecule has 0 spiro atoms. The van der Waals surface area contributed by atoms with Crippen LogP contribution in [0.3, 0.4) is 0 Å². The van der Waals surface area contributed by atoms with Gasteiger partial charge in [0.05, 0.1) is 7.11 Å². The number of carbonyl (C=O) groups is 1. The molecule has 3 nitrogen and oxygen atoms in total. The lowest BCUT2D eigenvalue weighted by molar-refractivity contribution is -0.134. The number of hydrogen-bond acceptors (Lipinski definition) is 3. The normalized spacial score (nSPS) is 9.29. The van der Waals surface area contributed by atoms with E-state index in [9.17, 15) is 4.79 Å². The minimum absolute atomic E-state index is 0.428. The first-order valence-electron chi connectivity index (χ1n) is 1.77. The number of rotatable bonds is 1. The van der Waals surface area contributed by atoms with Crippen molar-refractivity contribution < 1.29 is 9.53 Å². The average Bonchev–Trinajstić information content (AvgIpc) is 1.68. The Bertz CT molecular complexity index is 87.7. The van der Waals surface area contributed by atoms with Crippen LogP contribution in [0.25, 0.3) is 0 Å². The molecule has 0 aliphatic carbocycles. The van der Waals surface area contributed by atoms with Crippen molar-refractivity contribution in [2.24, 2.45) is 5.73 Å². The summed E-state index contributed by atoms with van der Waals surface area (Å²) in [6.07, 6.45) is 2.27. The van der Waals surface area contributed by atoms with Crippen molar-refractivity contribution in [2.45, 2.75) is 0 Å². The summed E-state index contributed by atoms with van der Waals surface area (Å²) in [7, 11) is 1.29. The Kier molecular flexibility index (Phi) is 2.76. The molecule has 0 aromatic rings. The van der Waals surface area contributed by atoms with Crippen LogP contribution in [0.15, 0.2) is 12.3 Å². The van der Waals surface area contributed by atoms with Crippen LogP contribution in [0.4, 0.5) is 0 Å². The fourth-order valence-electron chi connectivity index (χ4n) is 0.147. The lowest BCUT2D eigenvalue weighted by atomic mass is 10.6. The predicted molar refractivity (Wildman–Crippen MR) is 25.3 cm³/mol. The van der Waals surface area contributed by atoms with Crippen molar-refractivity contribution >= 4 is 5.97 Å². The smallest absolute Gasteiger partial charge is 0.331 e. The SMILES string of the molecule is COC(=O)C=CN. The molecule has 40 valence electrons. The van der Waals surface area contributed by atoms with Gasteiger partial charge in [-0.15, -0.1) is 0 Å². The van der Waals surface area contributed by atoms with E-state index in [0.29, 0.717) is 0 Å². The molecule has 0 radical (unpaired) electrons. The molecule has 0 rings (SSSR count). The molecule has 0 unspecified atom stereocenters. The third-order valence-corrected chi connectivity index (χ3v) is 0.433. The van der Waals surface area contributed by atoms with Gasteiger partial charge in [-0.1, -0.05) is 0 Å². The summed E-state index contributed by atoms with van der Waals surface area (Å²) in [5.41, 5.74) is 4.82. The van der Waals surface area contributed by atoms with Gasteiger partial charge in [-0.3, -0.25) is 0 Å².